The number of methoxy groups -OCH3 is 1. The van der Waals surface area contributed by atoms with Crippen LogP contribution in [0.3, 0.4) is 0 Å². The van der Waals surface area contributed by atoms with Crippen LogP contribution in [0, 0.1) is 0 Å². The topological polar surface area (TPSA) is 119 Å². The van der Waals surface area contributed by atoms with Crippen LogP contribution in [0.5, 0.6) is 17.2 Å². The molecule has 10 nitrogen and oxygen atoms in total. The SMILES string of the molecule is COc1ccc2cc1OCC(=O)NCc1ccc(cc1)O[C@@H]1CCN(C(=O)CCc3ccccn3)C[C@@H]1NC2=O. The lowest BCUT2D eigenvalue weighted by atomic mass is 10.00. The maximum absolute atomic E-state index is 13.4. The molecular weight excluding hydrogens is 512 g/mol. The van der Waals surface area contributed by atoms with Gasteiger partial charge in [0.1, 0.15) is 11.9 Å². The number of rotatable bonds is 4. The zero-order valence-electron chi connectivity index (χ0n) is 22.3. The highest BCUT2D eigenvalue weighted by Gasteiger charge is 2.34. The van der Waals surface area contributed by atoms with Gasteiger partial charge in [0.05, 0.1) is 13.2 Å². The molecule has 0 saturated carbocycles. The van der Waals surface area contributed by atoms with E-state index in [-0.39, 0.29) is 36.2 Å². The second-order valence-corrected chi connectivity index (χ2v) is 9.76. The molecule has 2 atom stereocenters. The second-order valence-electron chi connectivity index (χ2n) is 9.76. The van der Waals surface area contributed by atoms with Gasteiger partial charge in [-0.25, -0.2) is 0 Å². The number of carbonyl (C=O) groups is 3. The molecule has 3 aromatic rings. The number of nitrogens with one attached hydrogen (secondary N) is 2. The number of carbonyl (C=O) groups excluding carboxylic acids is 3. The van der Waals surface area contributed by atoms with Crippen molar-refractivity contribution < 1.29 is 28.6 Å². The molecule has 0 aliphatic carbocycles. The van der Waals surface area contributed by atoms with Crippen LogP contribution >= 0.6 is 0 Å². The van der Waals surface area contributed by atoms with Crippen LogP contribution < -0.4 is 24.8 Å². The smallest absolute Gasteiger partial charge is 0.258 e. The maximum atomic E-state index is 13.4. The molecule has 2 aromatic carbocycles. The lowest BCUT2D eigenvalue weighted by Gasteiger charge is -2.39. The van der Waals surface area contributed by atoms with E-state index in [1.807, 2.05) is 42.5 Å². The Morgan fingerprint density at radius 2 is 1.98 bits per heavy atom. The molecule has 10 heteroatoms. The maximum Gasteiger partial charge on any atom is 0.258 e. The number of pyridine rings is 1. The Hall–Kier alpha value is -4.60. The predicted octanol–water partition coefficient (Wildman–Crippen LogP) is 2.51. The van der Waals surface area contributed by atoms with Crippen molar-refractivity contribution in [1.29, 1.82) is 0 Å². The first kappa shape index (κ1) is 27.0. The Bertz CT molecular complexity index is 1350. The molecule has 3 aliphatic heterocycles. The van der Waals surface area contributed by atoms with Crippen molar-refractivity contribution in [2.45, 2.75) is 38.0 Å². The molecule has 3 amide bonds. The fraction of sp³-hybridized carbons (Fsp3) is 0.333. The van der Waals surface area contributed by atoms with Crippen LogP contribution in [0.15, 0.2) is 66.9 Å². The van der Waals surface area contributed by atoms with Gasteiger partial charge >= 0.3 is 0 Å². The summed E-state index contributed by atoms with van der Waals surface area (Å²) in [6, 6.07) is 17.4. The van der Waals surface area contributed by atoms with E-state index in [2.05, 4.69) is 15.6 Å². The van der Waals surface area contributed by atoms with Crippen molar-refractivity contribution in [3.63, 3.8) is 0 Å². The van der Waals surface area contributed by atoms with Gasteiger partial charge in [-0.1, -0.05) is 18.2 Å². The minimum Gasteiger partial charge on any atom is -0.493 e. The molecule has 0 unspecified atom stereocenters. The summed E-state index contributed by atoms with van der Waals surface area (Å²) in [5, 5.41) is 5.89. The molecule has 0 spiro atoms. The van der Waals surface area contributed by atoms with E-state index in [1.54, 1.807) is 29.3 Å². The van der Waals surface area contributed by atoms with Gasteiger partial charge in [0.15, 0.2) is 18.1 Å². The summed E-state index contributed by atoms with van der Waals surface area (Å²) in [6.45, 7) is 0.931. The van der Waals surface area contributed by atoms with Crippen molar-refractivity contribution in [2.24, 2.45) is 0 Å². The van der Waals surface area contributed by atoms with Crippen LogP contribution in [0.25, 0.3) is 0 Å². The minimum absolute atomic E-state index is 0.00315. The van der Waals surface area contributed by atoms with E-state index in [1.165, 1.54) is 7.11 Å². The Morgan fingerprint density at radius 1 is 1.12 bits per heavy atom. The van der Waals surface area contributed by atoms with E-state index < -0.39 is 6.04 Å². The van der Waals surface area contributed by atoms with Gasteiger partial charge in [-0.2, -0.15) is 0 Å². The Balaban J connectivity index is 1.37. The number of nitrogens with zero attached hydrogens (tertiary/aromatic N) is 2. The fourth-order valence-electron chi connectivity index (χ4n) is 4.81. The van der Waals surface area contributed by atoms with Crippen LogP contribution in [-0.4, -0.2) is 66.6 Å². The standard InChI is InChI=1S/C30H32N4O6/c1-38-26-11-7-21-16-27(26)39-19-28(35)32-17-20-5-9-23(10-6-20)40-25-13-15-34(18-24(25)33-30(21)37)29(36)12-8-22-4-2-3-14-31-22/h2-7,9-11,14,16,24-25H,8,12-13,15,17-19H2,1H3,(H,32,35)(H,33,37)/t24-,25+/m0/s1. The normalized spacial score (nSPS) is 19.3. The van der Waals surface area contributed by atoms with E-state index in [4.69, 9.17) is 14.2 Å². The number of hydrogen-bond acceptors (Lipinski definition) is 7. The van der Waals surface area contributed by atoms with Crippen molar-refractivity contribution >= 4 is 17.7 Å². The first-order valence-electron chi connectivity index (χ1n) is 13.3. The number of likely N-dealkylation sites (tertiary alicyclic amines) is 1. The molecule has 0 radical (unpaired) electrons. The third-order valence-corrected chi connectivity index (χ3v) is 7.02. The molecule has 1 aromatic heterocycles. The molecular formula is C30H32N4O6. The summed E-state index contributed by atoms with van der Waals surface area (Å²) in [4.78, 5) is 45.0. The number of fused-ring (bicyclic) bond motifs is 7. The fourth-order valence-corrected chi connectivity index (χ4v) is 4.81. The first-order valence-corrected chi connectivity index (χ1v) is 13.3. The second kappa shape index (κ2) is 12.5. The third kappa shape index (κ3) is 6.69. The van der Waals surface area contributed by atoms with Crippen LogP contribution in [-0.2, 0) is 22.6 Å². The van der Waals surface area contributed by atoms with E-state index >= 15 is 0 Å². The molecule has 4 bridgehead atoms. The highest BCUT2D eigenvalue weighted by Crippen LogP contribution is 2.29. The number of aryl methyl sites for hydroxylation is 1. The average Bonchev–Trinajstić information content (AvgIpc) is 2.99. The summed E-state index contributed by atoms with van der Waals surface area (Å²) < 4.78 is 17.4. The zero-order valence-corrected chi connectivity index (χ0v) is 22.3. The molecule has 208 valence electrons. The van der Waals surface area contributed by atoms with E-state index in [0.717, 1.165) is 11.3 Å². The molecule has 6 rings (SSSR count). The van der Waals surface area contributed by atoms with Crippen LogP contribution in [0.4, 0.5) is 0 Å². The number of hydrogen-bond donors (Lipinski definition) is 2. The summed E-state index contributed by atoms with van der Waals surface area (Å²) in [6.07, 6.45) is 2.80. The Morgan fingerprint density at radius 3 is 2.75 bits per heavy atom. The Labute approximate surface area is 232 Å². The van der Waals surface area contributed by atoms with Crippen molar-refractivity contribution in [3.05, 3.63) is 83.7 Å². The van der Waals surface area contributed by atoms with E-state index in [0.29, 0.717) is 56.0 Å². The van der Waals surface area contributed by atoms with E-state index in [9.17, 15) is 14.4 Å². The van der Waals surface area contributed by atoms with Gasteiger partial charge in [0.25, 0.3) is 11.8 Å². The molecule has 1 saturated heterocycles. The zero-order chi connectivity index (χ0) is 27.9. The predicted molar refractivity (Wildman–Crippen MR) is 146 cm³/mol. The quantitative estimate of drug-likeness (QED) is 0.518. The van der Waals surface area contributed by atoms with Gasteiger partial charge < -0.3 is 29.7 Å². The lowest BCUT2D eigenvalue weighted by molar-refractivity contribution is -0.133. The van der Waals surface area contributed by atoms with Crippen molar-refractivity contribution in [1.82, 2.24) is 20.5 Å². The molecule has 1 fully saturated rings. The van der Waals surface area contributed by atoms with Gasteiger partial charge in [0.2, 0.25) is 5.91 Å². The number of amides is 3. The number of piperidine rings is 1. The van der Waals surface area contributed by atoms with Gasteiger partial charge in [-0.15, -0.1) is 0 Å². The number of aromatic nitrogens is 1. The largest absolute Gasteiger partial charge is 0.493 e. The van der Waals surface area contributed by atoms with Crippen LogP contribution in [0.2, 0.25) is 0 Å². The third-order valence-electron chi connectivity index (χ3n) is 7.02. The minimum atomic E-state index is -0.454. The van der Waals surface area contributed by atoms with Gasteiger partial charge in [-0.05, 0) is 54.4 Å². The Kier molecular flexibility index (Phi) is 8.44. The average molecular weight is 545 g/mol. The molecule has 2 N–H and O–H groups in total. The first-order chi connectivity index (χ1) is 19.5. The summed E-state index contributed by atoms with van der Waals surface area (Å²) in [5.74, 6) is 0.679. The lowest BCUT2D eigenvalue weighted by Crippen LogP contribution is -2.58. The number of ether oxygens (including phenoxy) is 3. The monoisotopic (exact) mass is 544 g/mol. The van der Waals surface area contributed by atoms with Gasteiger partial charge in [-0.3, -0.25) is 19.4 Å². The summed E-state index contributed by atoms with van der Waals surface area (Å²) >= 11 is 0. The summed E-state index contributed by atoms with van der Waals surface area (Å²) in [5.41, 5.74) is 2.10. The molecule has 3 aliphatic rings. The molecule has 4 heterocycles. The summed E-state index contributed by atoms with van der Waals surface area (Å²) in [7, 11) is 1.49. The van der Waals surface area contributed by atoms with Crippen molar-refractivity contribution in [2.75, 3.05) is 26.8 Å². The van der Waals surface area contributed by atoms with Gasteiger partial charge in [0, 0.05) is 49.9 Å². The van der Waals surface area contributed by atoms with Crippen LogP contribution in [0.1, 0.15) is 34.5 Å². The number of benzene rings is 2. The molecule has 40 heavy (non-hydrogen) atoms. The highest BCUT2D eigenvalue weighted by molar-refractivity contribution is 5.95. The highest BCUT2D eigenvalue weighted by atomic mass is 16.5. The van der Waals surface area contributed by atoms with Crippen molar-refractivity contribution in [3.8, 4) is 17.2 Å².